The van der Waals surface area contributed by atoms with Crippen LogP contribution in [-0.2, 0) is 24.4 Å². The second-order valence-electron chi connectivity index (χ2n) is 7.30. The van der Waals surface area contributed by atoms with Crippen molar-refractivity contribution in [3.05, 3.63) is 81.5 Å². The van der Waals surface area contributed by atoms with Crippen molar-refractivity contribution in [3.8, 4) is 0 Å². The molecule has 0 radical (unpaired) electrons. The van der Waals surface area contributed by atoms with Crippen molar-refractivity contribution < 1.29 is 18.4 Å². The van der Waals surface area contributed by atoms with Crippen molar-refractivity contribution in [2.45, 2.75) is 26.6 Å². The number of hydrogen-bond donors (Lipinski definition) is 1. The molecule has 0 fully saturated rings. The number of amides is 2. The fraction of sp³-hybridized carbons (Fsp3) is 0.238. The maximum atomic E-state index is 13.7. The fourth-order valence-electron chi connectivity index (χ4n) is 3.47. The Morgan fingerprint density at radius 1 is 1.13 bits per heavy atom. The first kappa shape index (κ1) is 20.5. The van der Waals surface area contributed by atoms with E-state index >= 15 is 0 Å². The zero-order chi connectivity index (χ0) is 22.1. The lowest BCUT2D eigenvalue weighted by Gasteiger charge is -2.26. The first-order chi connectivity index (χ1) is 14.8. The van der Waals surface area contributed by atoms with Crippen LogP contribution in [0, 0.1) is 18.6 Å². The van der Waals surface area contributed by atoms with Crippen LogP contribution in [0.2, 0.25) is 0 Å². The maximum absolute atomic E-state index is 13.7. The monoisotopic (exact) mass is 427 g/mol. The highest BCUT2D eigenvalue weighted by atomic mass is 19.1. The Kier molecular flexibility index (Phi) is 5.37. The number of rotatable bonds is 5. The molecule has 0 atom stereocenters. The molecule has 0 saturated heterocycles. The van der Waals surface area contributed by atoms with Crippen LogP contribution in [0.3, 0.4) is 0 Å². The average molecular weight is 427 g/mol. The SMILES string of the molecule is Cc1cccc(CN2CCn3c(nn(CC(=O)Nc4ccc(F)cc4F)c3=O)C2=O)c1. The fourth-order valence-corrected chi connectivity index (χ4v) is 3.47. The van der Waals surface area contributed by atoms with E-state index in [1.54, 1.807) is 4.90 Å². The van der Waals surface area contributed by atoms with E-state index in [9.17, 15) is 23.2 Å². The van der Waals surface area contributed by atoms with Crippen LogP contribution >= 0.6 is 0 Å². The number of benzene rings is 2. The Morgan fingerprint density at radius 3 is 2.68 bits per heavy atom. The van der Waals surface area contributed by atoms with E-state index in [-0.39, 0.29) is 18.1 Å². The predicted octanol–water partition coefficient (Wildman–Crippen LogP) is 1.93. The van der Waals surface area contributed by atoms with E-state index in [0.717, 1.165) is 27.9 Å². The highest BCUT2D eigenvalue weighted by Crippen LogP contribution is 2.16. The zero-order valence-corrected chi connectivity index (χ0v) is 16.6. The van der Waals surface area contributed by atoms with Gasteiger partial charge in [-0.05, 0) is 24.6 Å². The lowest BCUT2D eigenvalue weighted by molar-refractivity contribution is -0.117. The number of fused-ring (bicyclic) bond motifs is 1. The van der Waals surface area contributed by atoms with E-state index in [2.05, 4.69) is 10.4 Å². The van der Waals surface area contributed by atoms with Gasteiger partial charge in [0.05, 0.1) is 5.69 Å². The Labute approximate surface area is 175 Å². The molecule has 0 spiro atoms. The van der Waals surface area contributed by atoms with Crippen LogP contribution in [0.15, 0.2) is 47.3 Å². The molecule has 1 aliphatic heterocycles. The Balaban J connectivity index is 1.49. The molecule has 0 unspecified atom stereocenters. The van der Waals surface area contributed by atoms with E-state index in [1.807, 2.05) is 31.2 Å². The molecule has 0 bridgehead atoms. The van der Waals surface area contributed by atoms with Gasteiger partial charge in [0.15, 0.2) is 0 Å². The quantitative estimate of drug-likeness (QED) is 0.674. The molecule has 1 N–H and O–H groups in total. The van der Waals surface area contributed by atoms with Crippen LogP contribution in [-0.4, -0.2) is 37.6 Å². The van der Waals surface area contributed by atoms with Crippen LogP contribution in [0.5, 0.6) is 0 Å². The zero-order valence-electron chi connectivity index (χ0n) is 16.6. The van der Waals surface area contributed by atoms with Gasteiger partial charge in [-0.1, -0.05) is 29.8 Å². The van der Waals surface area contributed by atoms with Crippen molar-refractivity contribution in [3.63, 3.8) is 0 Å². The van der Waals surface area contributed by atoms with E-state index in [1.165, 1.54) is 4.57 Å². The Hall–Kier alpha value is -3.82. The van der Waals surface area contributed by atoms with Crippen molar-refractivity contribution in [1.82, 2.24) is 19.2 Å². The molecular weight excluding hydrogens is 408 g/mol. The van der Waals surface area contributed by atoms with Crippen molar-refractivity contribution >= 4 is 17.5 Å². The summed E-state index contributed by atoms with van der Waals surface area (Å²) < 4.78 is 28.8. The molecule has 10 heteroatoms. The summed E-state index contributed by atoms with van der Waals surface area (Å²) in [6.45, 7) is 2.41. The van der Waals surface area contributed by atoms with Crippen molar-refractivity contribution in [2.24, 2.45) is 0 Å². The van der Waals surface area contributed by atoms with Crippen LogP contribution < -0.4 is 11.0 Å². The minimum absolute atomic E-state index is 0.0512. The number of carbonyl (C=O) groups excluding carboxylic acids is 2. The summed E-state index contributed by atoms with van der Waals surface area (Å²) in [7, 11) is 0. The molecule has 0 saturated carbocycles. The van der Waals surface area contributed by atoms with Gasteiger partial charge < -0.3 is 10.2 Å². The van der Waals surface area contributed by atoms with Crippen LogP contribution in [0.1, 0.15) is 21.7 Å². The van der Waals surface area contributed by atoms with Gasteiger partial charge in [0.25, 0.3) is 5.91 Å². The molecule has 2 heterocycles. The third kappa shape index (κ3) is 4.23. The third-order valence-electron chi connectivity index (χ3n) is 4.95. The number of nitrogens with one attached hydrogen (secondary N) is 1. The molecular formula is C21H19F2N5O3. The summed E-state index contributed by atoms with van der Waals surface area (Å²) in [5.41, 5.74) is 1.22. The summed E-state index contributed by atoms with van der Waals surface area (Å²) >= 11 is 0. The van der Waals surface area contributed by atoms with Crippen molar-refractivity contribution in [1.29, 1.82) is 0 Å². The maximum Gasteiger partial charge on any atom is 0.346 e. The third-order valence-corrected chi connectivity index (χ3v) is 4.95. The van der Waals surface area contributed by atoms with Gasteiger partial charge in [0.1, 0.15) is 18.2 Å². The first-order valence-corrected chi connectivity index (χ1v) is 9.59. The average Bonchev–Trinajstić information content (AvgIpc) is 3.03. The van der Waals surface area contributed by atoms with Gasteiger partial charge in [-0.15, -0.1) is 5.10 Å². The molecule has 8 nitrogen and oxygen atoms in total. The predicted molar refractivity (Wildman–Crippen MR) is 107 cm³/mol. The Morgan fingerprint density at radius 2 is 1.94 bits per heavy atom. The van der Waals surface area contributed by atoms with Crippen molar-refractivity contribution in [2.75, 3.05) is 11.9 Å². The Bertz CT molecular complexity index is 1230. The van der Waals surface area contributed by atoms with E-state index < -0.39 is 35.7 Å². The molecule has 4 rings (SSSR count). The van der Waals surface area contributed by atoms with Gasteiger partial charge >= 0.3 is 5.69 Å². The van der Waals surface area contributed by atoms with E-state index in [4.69, 9.17) is 0 Å². The molecule has 31 heavy (non-hydrogen) atoms. The summed E-state index contributed by atoms with van der Waals surface area (Å²) in [4.78, 5) is 39.2. The minimum atomic E-state index is -0.938. The summed E-state index contributed by atoms with van der Waals surface area (Å²) in [5.74, 6) is -2.90. The number of hydrogen-bond acceptors (Lipinski definition) is 4. The molecule has 1 aromatic heterocycles. The molecule has 3 aromatic rings. The number of halogens is 2. The number of anilines is 1. The lowest BCUT2D eigenvalue weighted by Crippen LogP contribution is -2.42. The second-order valence-corrected chi connectivity index (χ2v) is 7.30. The van der Waals surface area contributed by atoms with Gasteiger partial charge in [-0.2, -0.15) is 0 Å². The molecule has 0 aliphatic carbocycles. The van der Waals surface area contributed by atoms with Gasteiger partial charge in [-0.25, -0.2) is 18.3 Å². The van der Waals surface area contributed by atoms with Gasteiger partial charge in [0, 0.05) is 25.7 Å². The second kappa shape index (κ2) is 8.13. The summed E-state index contributed by atoms with van der Waals surface area (Å²) in [6.07, 6.45) is 0. The number of aromatic nitrogens is 3. The van der Waals surface area contributed by atoms with Crippen LogP contribution in [0.4, 0.5) is 14.5 Å². The number of carbonyl (C=O) groups is 2. The topological polar surface area (TPSA) is 89.2 Å². The normalized spacial score (nSPS) is 13.3. The summed E-state index contributed by atoms with van der Waals surface area (Å²) in [5, 5.41) is 6.29. The summed E-state index contributed by atoms with van der Waals surface area (Å²) in [6, 6.07) is 10.5. The number of aryl methyl sites for hydroxylation is 1. The standard InChI is InChI=1S/C21H19F2N5O3/c1-13-3-2-4-14(9-13)11-26-7-8-27-19(20(26)30)25-28(21(27)31)12-18(29)24-17-6-5-15(22)10-16(17)23/h2-6,9-10H,7-8,11-12H2,1H3,(H,24,29). The molecule has 2 aromatic carbocycles. The molecule has 1 aliphatic rings. The molecule has 160 valence electrons. The van der Waals surface area contributed by atoms with Crippen LogP contribution in [0.25, 0.3) is 0 Å². The molecule has 2 amide bonds. The largest absolute Gasteiger partial charge is 0.346 e. The van der Waals surface area contributed by atoms with Gasteiger partial charge in [-0.3, -0.25) is 14.2 Å². The minimum Gasteiger partial charge on any atom is -0.330 e. The van der Waals surface area contributed by atoms with E-state index in [0.29, 0.717) is 19.2 Å². The van der Waals surface area contributed by atoms with Gasteiger partial charge in [0.2, 0.25) is 11.7 Å². The first-order valence-electron chi connectivity index (χ1n) is 9.59. The lowest BCUT2D eigenvalue weighted by atomic mass is 10.1. The number of nitrogens with zero attached hydrogens (tertiary/aromatic N) is 4. The smallest absolute Gasteiger partial charge is 0.330 e. The highest BCUT2D eigenvalue weighted by Gasteiger charge is 2.30. The highest BCUT2D eigenvalue weighted by molar-refractivity contribution is 5.92.